The molecule has 0 aliphatic carbocycles. The van der Waals surface area contributed by atoms with Gasteiger partial charge in [0.05, 0.1) is 31.9 Å². The van der Waals surface area contributed by atoms with Crippen molar-refractivity contribution in [2.75, 3.05) is 38.7 Å². The topological polar surface area (TPSA) is 94.2 Å². The average Bonchev–Trinajstić information content (AvgIpc) is 2.75. The molecule has 0 bridgehead atoms. The van der Waals surface area contributed by atoms with Gasteiger partial charge in [-0.25, -0.2) is 8.42 Å². The predicted molar refractivity (Wildman–Crippen MR) is 110 cm³/mol. The van der Waals surface area contributed by atoms with Gasteiger partial charge in [0.1, 0.15) is 12.3 Å². The Morgan fingerprint density at radius 3 is 2.17 bits per heavy atom. The Morgan fingerprint density at radius 1 is 0.966 bits per heavy atom. The first-order valence-electron chi connectivity index (χ1n) is 9.02. The van der Waals surface area contributed by atoms with Gasteiger partial charge < -0.3 is 19.5 Å². The summed E-state index contributed by atoms with van der Waals surface area (Å²) < 4.78 is 43.3. The molecule has 0 aromatic heterocycles. The minimum absolute atomic E-state index is 0.0192. The summed E-state index contributed by atoms with van der Waals surface area (Å²) in [7, 11) is 0.354. The summed E-state index contributed by atoms with van der Waals surface area (Å²) in [4.78, 5) is 12.3. The summed E-state index contributed by atoms with van der Waals surface area (Å²) in [5.41, 5.74) is 0.340. The highest BCUT2D eigenvalue weighted by Gasteiger charge is 2.28. The summed E-state index contributed by atoms with van der Waals surface area (Å²) in [6.45, 7) is 2.02. The van der Waals surface area contributed by atoms with Crippen LogP contribution in [0.15, 0.2) is 47.4 Å². The first kappa shape index (κ1) is 22.4. The lowest BCUT2D eigenvalue weighted by molar-refractivity contribution is -0.119. The fourth-order valence-electron chi connectivity index (χ4n) is 2.62. The number of rotatable bonds is 10. The molecule has 0 aliphatic heterocycles. The molecule has 158 valence electrons. The fourth-order valence-corrected chi connectivity index (χ4v) is 4.06. The van der Waals surface area contributed by atoms with Crippen molar-refractivity contribution in [2.45, 2.75) is 18.2 Å². The second-order valence-corrected chi connectivity index (χ2v) is 7.94. The number of ether oxygens (including phenoxy) is 3. The minimum atomic E-state index is -4.06. The number of sulfonamides is 1. The average molecular weight is 423 g/mol. The molecule has 1 amide bonds. The van der Waals surface area contributed by atoms with E-state index in [1.165, 1.54) is 39.5 Å². The molecule has 0 fully saturated rings. The largest absolute Gasteiger partial charge is 0.497 e. The maximum absolute atomic E-state index is 13.4. The van der Waals surface area contributed by atoms with Gasteiger partial charge in [-0.05, 0) is 42.8 Å². The Bertz CT molecular complexity index is 928. The van der Waals surface area contributed by atoms with Crippen LogP contribution in [0.4, 0.5) is 5.69 Å². The Kier molecular flexibility index (Phi) is 7.72. The van der Waals surface area contributed by atoms with Crippen molar-refractivity contribution < 1.29 is 27.4 Å². The Hall–Kier alpha value is -2.94. The van der Waals surface area contributed by atoms with E-state index in [2.05, 4.69) is 5.32 Å². The second-order valence-electron chi connectivity index (χ2n) is 6.08. The van der Waals surface area contributed by atoms with Gasteiger partial charge >= 0.3 is 0 Å². The van der Waals surface area contributed by atoms with Gasteiger partial charge in [0.25, 0.3) is 10.0 Å². The predicted octanol–water partition coefficient (Wildman–Crippen LogP) is 2.43. The number of benzene rings is 2. The van der Waals surface area contributed by atoms with E-state index in [9.17, 15) is 13.2 Å². The fraction of sp³-hybridized carbons (Fsp3) is 0.350. The van der Waals surface area contributed by atoms with E-state index in [1.54, 1.807) is 24.3 Å². The van der Waals surface area contributed by atoms with E-state index in [0.29, 0.717) is 23.7 Å². The van der Waals surface area contributed by atoms with Crippen molar-refractivity contribution in [3.63, 3.8) is 0 Å². The molecule has 2 aromatic rings. The van der Waals surface area contributed by atoms with Crippen LogP contribution in [-0.2, 0) is 14.8 Å². The molecular formula is C20H26N2O6S. The van der Waals surface area contributed by atoms with Crippen molar-refractivity contribution in [1.82, 2.24) is 5.32 Å². The maximum Gasteiger partial charge on any atom is 0.264 e. The van der Waals surface area contributed by atoms with Gasteiger partial charge in [-0.2, -0.15) is 0 Å². The van der Waals surface area contributed by atoms with Crippen LogP contribution in [0.25, 0.3) is 0 Å². The van der Waals surface area contributed by atoms with Crippen molar-refractivity contribution >= 4 is 21.6 Å². The number of hydrogen-bond donors (Lipinski definition) is 1. The molecule has 0 saturated carbocycles. The highest BCUT2D eigenvalue weighted by Crippen LogP contribution is 2.32. The van der Waals surface area contributed by atoms with Crippen molar-refractivity contribution in [1.29, 1.82) is 0 Å². The molecule has 1 N–H and O–H groups in total. The zero-order valence-corrected chi connectivity index (χ0v) is 17.8. The molecule has 0 saturated heterocycles. The number of nitrogens with one attached hydrogen (secondary N) is 1. The van der Waals surface area contributed by atoms with Gasteiger partial charge in [-0.1, -0.05) is 6.92 Å². The Balaban J connectivity index is 2.48. The van der Waals surface area contributed by atoms with E-state index < -0.39 is 15.9 Å². The first-order chi connectivity index (χ1) is 13.9. The molecule has 8 nitrogen and oxygen atoms in total. The van der Waals surface area contributed by atoms with Crippen LogP contribution in [-0.4, -0.2) is 48.7 Å². The van der Waals surface area contributed by atoms with E-state index >= 15 is 0 Å². The third kappa shape index (κ3) is 5.32. The van der Waals surface area contributed by atoms with E-state index in [1.807, 2.05) is 6.92 Å². The molecule has 2 rings (SSSR count). The molecule has 29 heavy (non-hydrogen) atoms. The summed E-state index contributed by atoms with van der Waals surface area (Å²) >= 11 is 0. The van der Waals surface area contributed by atoms with Crippen molar-refractivity contribution in [2.24, 2.45) is 0 Å². The number of anilines is 1. The summed E-state index contributed by atoms with van der Waals surface area (Å²) in [6.07, 6.45) is 0.747. The number of carbonyl (C=O) groups excluding carboxylic acids is 1. The molecule has 2 aromatic carbocycles. The summed E-state index contributed by atoms with van der Waals surface area (Å²) in [5.74, 6) is 0.862. The van der Waals surface area contributed by atoms with Gasteiger partial charge in [-0.3, -0.25) is 9.10 Å². The number of nitrogens with zero attached hydrogens (tertiary/aromatic N) is 1. The zero-order valence-electron chi connectivity index (χ0n) is 17.0. The first-order valence-corrected chi connectivity index (χ1v) is 10.5. The number of hydrogen-bond acceptors (Lipinski definition) is 6. The smallest absolute Gasteiger partial charge is 0.264 e. The Morgan fingerprint density at radius 2 is 1.62 bits per heavy atom. The van der Waals surface area contributed by atoms with Crippen molar-refractivity contribution in [3.8, 4) is 17.2 Å². The van der Waals surface area contributed by atoms with Crippen LogP contribution < -0.4 is 23.8 Å². The summed E-state index contributed by atoms with van der Waals surface area (Å²) in [6, 6.07) is 10.7. The normalized spacial score (nSPS) is 10.9. The van der Waals surface area contributed by atoms with Crippen LogP contribution in [0, 0.1) is 0 Å². The lowest BCUT2D eigenvalue weighted by Crippen LogP contribution is -2.41. The maximum atomic E-state index is 13.4. The minimum Gasteiger partial charge on any atom is -0.497 e. The van der Waals surface area contributed by atoms with Crippen LogP contribution >= 0.6 is 0 Å². The second kappa shape index (κ2) is 10.0. The third-order valence-electron chi connectivity index (χ3n) is 4.16. The summed E-state index contributed by atoms with van der Waals surface area (Å²) in [5, 5.41) is 2.71. The number of amides is 1. The van der Waals surface area contributed by atoms with Crippen LogP contribution in [0.1, 0.15) is 13.3 Å². The van der Waals surface area contributed by atoms with E-state index in [0.717, 1.165) is 10.7 Å². The molecule has 0 radical (unpaired) electrons. The lowest BCUT2D eigenvalue weighted by Gasteiger charge is -2.24. The number of carbonyl (C=O) groups is 1. The van der Waals surface area contributed by atoms with E-state index in [4.69, 9.17) is 14.2 Å². The molecule has 0 atom stereocenters. The molecule has 0 heterocycles. The third-order valence-corrected chi connectivity index (χ3v) is 5.93. The molecule has 0 spiro atoms. The van der Waals surface area contributed by atoms with Crippen molar-refractivity contribution in [3.05, 3.63) is 42.5 Å². The van der Waals surface area contributed by atoms with Crippen LogP contribution in [0.3, 0.4) is 0 Å². The lowest BCUT2D eigenvalue weighted by atomic mass is 10.3. The molecule has 0 aliphatic rings. The molecule has 9 heteroatoms. The van der Waals surface area contributed by atoms with Gasteiger partial charge in [0, 0.05) is 12.6 Å². The quantitative estimate of drug-likeness (QED) is 0.632. The number of methoxy groups -OCH3 is 3. The molecule has 0 unspecified atom stereocenters. The van der Waals surface area contributed by atoms with E-state index in [-0.39, 0.29) is 17.2 Å². The van der Waals surface area contributed by atoms with Gasteiger partial charge in [0.15, 0.2) is 11.5 Å². The highest BCUT2D eigenvalue weighted by atomic mass is 32.2. The zero-order chi connectivity index (χ0) is 21.4. The van der Waals surface area contributed by atoms with Gasteiger partial charge in [-0.15, -0.1) is 0 Å². The molecular weight excluding hydrogens is 396 g/mol. The monoisotopic (exact) mass is 422 g/mol. The Labute approximate surface area is 171 Å². The highest BCUT2D eigenvalue weighted by molar-refractivity contribution is 7.92. The SMILES string of the molecule is CCCNC(=O)CN(c1ccc(OC)cc1)S(=O)(=O)c1ccc(OC)c(OC)c1. The van der Waals surface area contributed by atoms with Gasteiger partial charge in [0.2, 0.25) is 5.91 Å². The van der Waals surface area contributed by atoms with Crippen LogP contribution in [0.2, 0.25) is 0 Å². The standard InChI is InChI=1S/C20H26N2O6S/c1-5-12-21-20(23)14-22(15-6-8-16(26-2)9-7-15)29(24,25)17-10-11-18(27-3)19(13-17)28-4/h6-11,13H,5,12,14H2,1-4H3,(H,21,23). The van der Waals surface area contributed by atoms with Crippen LogP contribution in [0.5, 0.6) is 17.2 Å².